The van der Waals surface area contributed by atoms with E-state index in [-0.39, 0.29) is 30.3 Å². The first kappa shape index (κ1) is 21.4. The normalized spacial score (nSPS) is 20.2. The van der Waals surface area contributed by atoms with E-state index < -0.39 is 5.97 Å². The van der Waals surface area contributed by atoms with Gasteiger partial charge in [0.2, 0.25) is 0 Å². The van der Waals surface area contributed by atoms with Crippen molar-refractivity contribution in [3.8, 4) is 5.75 Å². The van der Waals surface area contributed by atoms with Gasteiger partial charge in [0.15, 0.2) is 5.78 Å². The van der Waals surface area contributed by atoms with Gasteiger partial charge in [-0.3, -0.25) is 4.79 Å². The highest BCUT2D eigenvalue weighted by Crippen LogP contribution is 2.47. The largest absolute Gasteiger partial charge is 0.490 e. The van der Waals surface area contributed by atoms with Crippen LogP contribution in [0, 0.1) is 5.41 Å². The van der Waals surface area contributed by atoms with Crippen molar-refractivity contribution in [1.29, 1.82) is 0 Å². The smallest absolute Gasteiger partial charge is 0.336 e. The molecule has 0 fully saturated rings. The van der Waals surface area contributed by atoms with Crippen molar-refractivity contribution in [2.75, 3.05) is 13.2 Å². The Kier molecular flexibility index (Phi) is 6.01. The van der Waals surface area contributed by atoms with Gasteiger partial charge in [-0.1, -0.05) is 38.1 Å². The maximum Gasteiger partial charge on any atom is 0.336 e. The molecule has 0 saturated carbocycles. The second kappa shape index (κ2) is 8.71. The number of hydrogen-bond acceptors (Lipinski definition) is 6. The molecule has 0 saturated heterocycles. The molecule has 4 rings (SSSR count). The van der Waals surface area contributed by atoms with Gasteiger partial charge < -0.3 is 14.8 Å². The van der Waals surface area contributed by atoms with E-state index >= 15 is 0 Å². The highest BCUT2D eigenvalue weighted by molar-refractivity contribution is 7.10. The third-order valence-electron chi connectivity index (χ3n) is 5.62. The summed E-state index contributed by atoms with van der Waals surface area (Å²) in [6.07, 6.45) is 1.25. The van der Waals surface area contributed by atoms with Crippen LogP contribution in [0.5, 0.6) is 5.75 Å². The van der Waals surface area contributed by atoms with Crippen LogP contribution in [0.1, 0.15) is 44.4 Å². The predicted octanol–water partition coefficient (Wildman–Crippen LogP) is 4.97. The molecule has 1 aromatic heterocycles. The zero-order valence-electron chi connectivity index (χ0n) is 18.1. The lowest BCUT2D eigenvalue weighted by Gasteiger charge is -2.39. The number of allylic oxidation sites excluding steroid dienone is 3. The van der Waals surface area contributed by atoms with Crippen LogP contribution in [0.25, 0.3) is 0 Å². The zero-order valence-corrected chi connectivity index (χ0v) is 18.9. The number of carbonyl (C=O) groups is 2. The molecule has 162 valence electrons. The number of para-hydroxylation sites is 1. The number of thiophene rings is 1. The van der Waals surface area contributed by atoms with Gasteiger partial charge in [0.05, 0.1) is 11.5 Å². The van der Waals surface area contributed by atoms with Gasteiger partial charge >= 0.3 is 5.97 Å². The fraction of sp³-hybridized carbons (Fsp3) is 0.360. The summed E-state index contributed by atoms with van der Waals surface area (Å²) in [5.74, 6) is 0.0314. The molecule has 0 unspecified atom stereocenters. The molecule has 0 amide bonds. The summed E-state index contributed by atoms with van der Waals surface area (Å²) >= 11 is 1.56. The van der Waals surface area contributed by atoms with Crippen LogP contribution >= 0.6 is 11.3 Å². The summed E-state index contributed by atoms with van der Waals surface area (Å²) in [7, 11) is 0. The van der Waals surface area contributed by atoms with Crippen LogP contribution in [0.2, 0.25) is 0 Å². The highest BCUT2D eigenvalue weighted by Gasteiger charge is 2.43. The van der Waals surface area contributed by atoms with Crippen molar-refractivity contribution >= 4 is 23.1 Å². The number of ketones is 1. The van der Waals surface area contributed by atoms with Crippen molar-refractivity contribution in [2.24, 2.45) is 5.41 Å². The van der Waals surface area contributed by atoms with E-state index in [0.717, 1.165) is 28.4 Å². The molecule has 2 heterocycles. The maximum atomic E-state index is 13.2. The van der Waals surface area contributed by atoms with Gasteiger partial charge in [-0.25, -0.2) is 4.79 Å². The van der Waals surface area contributed by atoms with Crippen molar-refractivity contribution < 1.29 is 19.1 Å². The summed E-state index contributed by atoms with van der Waals surface area (Å²) < 4.78 is 11.2. The summed E-state index contributed by atoms with van der Waals surface area (Å²) in [6.45, 7) is 6.49. The third-order valence-corrected chi connectivity index (χ3v) is 6.55. The standard InChI is InChI=1S/C25H27NO4S/c1-16-21(24(28)30-12-11-29-17-8-5-4-6-9-17)23(20-10-7-13-31-20)22-18(26-16)14-25(2,3)15-19(22)27/h4-10,13,23,26H,11-12,14-15H2,1-3H3/t23-/m0/s1. The number of ether oxygens (including phenoxy) is 2. The molecule has 1 aliphatic carbocycles. The Morgan fingerprint density at radius 3 is 2.61 bits per heavy atom. The summed E-state index contributed by atoms with van der Waals surface area (Å²) in [6, 6.07) is 13.3. The maximum absolute atomic E-state index is 13.2. The quantitative estimate of drug-likeness (QED) is 0.510. The van der Waals surface area contributed by atoms with Crippen LogP contribution in [0.3, 0.4) is 0 Å². The number of nitrogens with one attached hydrogen (secondary N) is 1. The first-order valence-electron chi connectivity index (χ1n) is 10.5. The second-order valence-electron chi connectivity index (χ2n) is 8.74. The Labute approximate surface area is 186 Å². The molecular weight excluding hydrogens is 410 g/mol. The van der Waals surface area contributed by atoms with Crippen LogP contribution in [0.15, 0.2) is 70.4 Å². The van der Waals surface area contributed by atoms with E-state index in [1.807, 2.05) is 54.8 Å². The van der Waals surface area contributed by atoms with E-state index in [1.54, 1.807) is 11.3 Å². The molecule has 0 bridgehead atoms. The lowest BCUT2D eigenvalue weighted by Crippen LogP contribution is -2.38. The molecule has 1 N–H and O–H groups in total. The Hall–Kier alpha value is -2.86. The molecule has 2 aliphatic rings. The third kappa shape index (κ3) is 4.59. The average Bonchev–Trinajstić information content (AvgIpc) is 3.24. The Bertz CT molecular complexity index is 1030. The fourth-order valence-electron chi connectivity index (χ4n) is 4.34. The minimum Gasteiger partial charge on any atom is -0.490 e. The molecule has 1 aliphatic heterocycles. The first-order chi connectivity index (χ1) is 14.9. The lowest BCUT2D eigenvalue weighted by atomic mass is 9.70. The molecular formula is C25H27NO4S. The number of Topliss-reactive ketones (excluding diaryl/α,β-unsaturated/α-hetero) is 1. The van der Waals surface area contributed by atoms with Gasteiger partial charge in [-0.2, -0.15) is 0 Å². The van der Waals surface area contributed by atoms with E-state index in [1.165, 1.54) is 0 Å². The number of rotatable bonds is 6. The van der Waals surface area contributed by atoms with Gasteiger partial charge in [-0.15, -0.1) is 11.3 Å². The van der Waals surface area contributed by atoms with Crippen LogP contribution in [0.4, 0.5) is 0 Å². The molecule has 6 heteroatoms. The summed E-state index contributed by atoms with van der Waals surface area (Å²) in [4.78, 5) is 27.3. The van der Waals surface area contributed by atoms with E-state index in [2.05, 4.69) is 19.2 Å². The average molecular weight is 438 g/mol. The Morgan fingerprint density at radius 1 is 1.13 bits per heavy atom. The van der Waals surface area contributed by atoms with E-state index in [4.69, 9.17) is 9.47 Å². The van der Waals surface area contributed by atoms with Gasteiger partial charge in [0, 0.05) is 28.3 Å². The van der Waals surface area contributed by atoms with Crippen molar-refractivity contribution in [3.05, 3.63) is 75.3 Å². The fourth-order valence-corrected chi connectivity index (χ4v) is 5.18. The molecule has 1 atom stereocenters. The number of hydrogen-bond donors (Lipinski definition) is 1. The van der Waals surface area contributed by atoms with Crippen LogP contribution < -0.4 is 10.1 Å². The zero-order chi connectivity index (χ0) is 22.0. The summed E-state index contributed by atoms with van der Waals surface area (Å²) in [5, 5.41) is 5.33. The van der Waals surface area contributed by atoms with Crippen LogP contribution in [-0.2, 0) is 14.3 Å². The first-order valence-corrected chi connectivity index (χ1v) is 11.4. The number of carbonyl (C=O) groups excluding carboxylic acids is 2. The topological polar surface area (TPSA) is 64.6 Å². The highest BCUT2D eigenvalue weighted by atomic mass is 32.1. The predicted molar refractivity (Wildman–Crippen MR) is 121 cm³/mol. The number of dihydropyridines is 1. The van der Waals surface area contributed by atoms with Crippen LogP contribution in [-0.4, -0.2) is 25.0 Å². The number of esters is 1. The number of benzene rings is 1. The van der Waals surface area contributed by atoms with Crippen molar-refractivity contribution in [2.45, 2.75) is 39.5 Å². The molecule has 2 aromatic rings. The SMILES string of the molecule is CC1=C(C(=O)OCCOc2ccccc2)[C@H](c2cccs2)C2=C(CC(C)(C)CC2=O)N1. The molecule has 5 nitrogen and oxygen atoms in total. The van der Waals surface area contributed by atoms with E-state index in [0.29, 0.717) is 17.6 Å². The molecule has 0 radical (unpaired) electrons. The van der Waals surface area contributed by atoms with Gasteiger partial charge in [-0.05, 0) is 42.3 Å². The monoisotopic (exact) mass is 437 g/mol. The Balaban J connectivity index is 1.54. The lowest BCUT2D eigenvalue weighted by molar-refractivity contribution is -0.140. The van der Waals surface area contributed by atoms with Crippen molar-refractivity contribution in [3.63, 3.8) is 0 Å². The molecule has 0 spiro atoms. The molecule has 31 heavy (non-hydrogen) atoms. The minimum atomic E-state index is -0.413. The van der Waals surface area contributed by atoms with Gasteiger partial charge in [0.25, 0.3) is 0 Å². The van der Waals surface area contributed by atoms with E-state index in [9.17, 15) is 9.59 Å². The molecule has 1 aromatic carbocycles. The second-order valence-corrected chi connectivity index (χ2v) is 9.72. The minimum absolute atomic E-state index is 0.0994. The Morgan fingerprint density at radius 2 is 1.90 bits per heavy atom. The summed E-state index contributed by atoms with van der Waals surface area (Å²) in [5.41, 5.74) is 2.79. The van der Waals surface area contributed by atoms with Gasteiger partial charge in [0.1, 0.15) is 19.0 Å². The van der Waals surface area contributed by atoms with Crippen molar-refractivity contribution in [1.82, 2.24) is 5.32 Å².